The molecule has 0 aliphatic rings. The van der Waals surface area contributed by atoms with E-state index in [2.05, 4.69) is 270 Å². The van der Waals surface area contributed by atoms with Crippen molar-refractivity contribution in [3.8, 4) is 34.1 Å². The van der Waals surface area contributed by atoms with Gasteiger partial charge < -0.3 is 32.4 Å². The molecule has 8 nitrogen and oxygen atoms in total. The average molecular weight is 1050 g/mol. The molecular formula is C66H43ClN8Zn. The summed E-state index contributed by atoms with van der Waals surface area (Å²) >= 11 is 0.847. The predicted octanol–water partition coefficient (Wildman–Crippen LogP) is 16.6. The van der Waals surface area contributed by atoms with Crippen molar-refractivity contribution >= 4 is 96.9 Å². The number of fused-ring (bicyclic) bond motifs is 12. The van der Waals surface area contributed by atoms with E-state index in [4.69, 9.17) is 9.69 Å². The maximum absolute atomic E-state index is 4.76. The topological polar surface area (TPSA) is 55.4 Å². The van der Waals surface area contributed by atoms with Crippen LogP contribution in [0.15, 0.2) is 262 Å². The van der Waals surface area contributed by atoms with Gasteiger partial charge in [0.2, 0.25) is 0 Å². The van der Waals surface area contributed by atoms with Crippen molar-refractivity contribution < 1.29 is 17.3 Å². The molecule has 0 radical (unpaired) electrons. The number of imidazole rings is 2. The van der Waals surface area contributed by atoms with Gasteiger partial charge in [-0.15, -0.1) is 0 Å². The first-order chi connectivity index (χ1) is 37.8. The molecule has 0 saturated carbocycles. The second-order valence-electron chi connectivity index (χ2n) is 18.6. The summed E-state index contributed by atoms with van der Waals surface area (Å²) in [5.74, 6) is 0. The molecule has 0 bridgehead atoms. The third-order valence-electron chi connectivity index (χ3n) is 14.7. The van der Waals surface area contributed by atoms with Crippen LogP contribution in [0.25, 0.3) is 121 Å². The fourth-order valence-corrected chi connectivity index (χ4v) is 11.7. The zero-order valence-electron chi connectivity index (χ0n) is 41.0. The molecule has 6 aromatic heterocycles. The van der Waals surface area contributed by atoms with E-state index in [-0.39, 0.29) is 0 Å². The Labute approximate surface area is 450 Å². The maximum atomic E-state index is 4.76. The molecule has 0 amide bonds. The van der Waals surface area contributed by atoms with Gasteiger partial charge in [0.25, 0.3) is 0 Å². The predicted molar refractivity (Wildman–Crippen MR) is 309 cm³/mol. The molecule has 0 fully saturated rings. The fraction of sp³-hybridized carbons (Fsp3) is 0. The number of rotatable bonds is 6. The van der Waals surface area contributed by atoms with Gasteiger partial charge in [-0.3, -0.25) is 0 Å². The van der Waals surface area contributed by atoms with E-state index in [1.165, 1.54) is 87.2 Å². The van der Waals surface area contributed by atoms with Gasteiger partial charge in [0.05, 0.1) is 67.5 Å². The van der Waals surface area contributed by atoms with E-state index >= 15 is 0 Å². The number of halogens is 1. The van der Waals surface area contributed by atoms with Crippen LogP contribution in [-0.2, 0) is 17.3 Å². The number of aromatic nitrogens is 8. The standard InChI is InChI=1S/C33H22N4.C33H21N4.ClH.Zn/c2*1-5-14-27-23(10-1)24-11-2-6-15-28(24)36(27)31-18-9-19-32(33(31)35-21-20-34-22-35)37-29-16-7-3-12-25(29)26-13-4-8-17-30(26)37;;/h1-22H;1-21H;1H;/q;-1;;+2/p-1. The van der Waals surface area contributed by atoms with Crippen molar-refractivity contribution in [2.24, 2.45) is 0 Å². The first-order valence-electron chi connectivity index (χ1n) is 25.2. The summed E-state index contributed by atoms with van der Waals surface area (Å²) in [5, 5.41) is 9.94. The summed E-state index contributed by atoms with van der Waals surface area (Å²) in [6.45, 7) is 0. The van der Waals surface area contributed by atoms with Gasteiger partial charge in [-0.25, -0.2) is 4.98 Å². The van der Waals surface area contributed by atoms with Crippen LogP contribution in [0.3, 0.4) is 0 Å². The third kappa shape index (κ3) is 7.08. The fourth-order valence-electron chi connectivity index (χ4n) is 11.7. The number of nitrogens with zero attached hydrogens (tertiary/aromatic N) is 8. The van der Waals surface area contributed by atoms with Crippen molar-refractivity contribution in [3.05, 3.63) is 268 Å². The van der Waals surface area contributed by atoms with Gasteiger partial charge in [-0.05, 0) is 72.8 Å². The van der Waals surface area contributed by atoms with Gasteiger partial charge in [0, 0.05) is 78.9 Å². The quantitative estimate of drug-likeness (QED) is 0.123. The normalized spacial score (nSPS) is 11.6. The molecule has 16 aromatic rings. The van der Waals surface area contributed by atoms with Gasteiger partial charge in [0.1, 0.15) is 0 Å². The largest absolute Gasteiger partial charge is 0.430 e. The van der Waals surface area contributed by atoms with Crippen molar-refractivity contribution in [1.29, 1.82) is 0 Å². The summed E-state index contributed by atoms with van der Waals surface area (Å²) in [6.07, 6.45) is 12.7. The van der Waals surface area contributed by atoms with E-state index < -0.39 is 0 Å². The number of benzene rings is 10. The molecule has 6 heterocycles. The Morgan fingerprint density at radius 3 is 0.829 bits per heavy atom. The minimum absolute atomic E-state index is 0.847. The molecule has 0 spiro atoms. The van der Waals surface area contributed by atoms with E-state index in [1.54, 1.807) is 6.20 Å². The zero-order chi connectivity index (χ0) is 50.7. The van der Waals surface area contributed by atoms with E-state index in [1.807, 2.05) is 29.5 Å². The van der Waals surface area contributed by atoms with E-state index in [0.29, 0.717) is 0 Å². The van der Waals surface area contributed by atoms with Gasteiger partial charge in [0.15, 0.2) is 0 Å². The van der Waals surface area contributed by atoms with Crippen molar-refractivity contribution in [1.82, 2.24) is 37.4 Å². The zero-order valence-corrected chi connectivity index (χ0v) is 44.7. The van der Waals surface area contributed by atoms with E-state index in [0.717, 1.165) is 51.4 Å². The summed E-state index contributed by atoms with van der Waals surface area (Å²) in [7, 11) is 4.76. The SMILES string of the molecule is [Cl][Zn+].[c-]1nccn1-c1c(-n2c3ccccc3c3ccccc32)cccc1-n1c2ccccc2c2ccccc21.c1cc(-n2c3ccccc3c3ccccc32)c(-n2ccnc2)c(-n2c3ccccc3c3ccccc32)c1. The van der Waals surface area contributed by atoms with E-state index in [9.17, 15) is 0 Å². The first-order valence-corrected chi connectivity index (χ1v) is 29.1. The van der Waals surface area contributed by atoms with Crippen LogP contribution in [-0.4, -0.2) is 37.4 Å². The number of para-hydroxylation sites is 10. The Bertz CT molecular complexity index is 4030. The Kier molecular flexibility index (Phi) is 11.3. The Morgan fingerprint density at radius 1 is 0.303 bits per heavy atom. The smallest absolute Gasteiger partial charge is 0.0993 e. The monoisotopic (exact) mass is 1050 g/mol. The molecule has 10 heteroatoms. The molecular weight excluding hydrogens is 1010 g/mol. The maximum Gasteiger partial charge on any atom is 0.0993 e. The van der Waals surface area contributed by atoms with Gasteiger partial charge >= 0.3 is 27.0 Å². The number of hydrogen-bond acceptors (Lipinski definition) is 2. The third-order valence-corrected chi connectivity index (χ3v) is 14.7. The van der Waals surface area contributed by atoms with Gasteiger partial charge in [-0.2, -0.15) is 0 Å². The first kappa shape index (κ1) is 45.4. The summed E-state index contributed by atoms with van der Waals surface area (Å²) in [4.78, 5) is 8.75. The molecule has 0 atom stereocenters. The van der Waals surface area contributed by atoms with Crippen molar-refractivity contribution in [2.75, 3.05) is 0 Å². The number of hydrogen-bond donors (Lipinski definition) is 0. The van der Waals surface area contributed by atoms with Gasteiger partial charge in [-0.1, -0.05) is 170 Å². The Balaban J connectivity index is 0.000000135. The molecule has 0 unspecified atom stereocenters. The Hall–Kier alpha value is -9.27. The average Bonchev–Trinajstić information content (AvgIpc) is 4.46. The van der Waals surface area contributed by atoms with Crippen LogP contribution < -0.4 is 0 Å². The molecule has 356 valence electrons. The van der Waals surface area contributed by atoms with Crippen molar-refractivity contribution in [3.63, 3.8) is 0 Å². The van der Waals surface area contributed by atoms with Crippen LogP contribution >= 0.6 is 9.69 Å². The van der Waals surface area contributed by atoms with Crippen LogP contribution in [0.2, 0.25) is 0 Å². The van der Waals surface area contributed by atoms with Crippen LogP contribution in [0.5, 0.6) is 0 Å². The van der Waals surface area contributed by atoms with Crippen molar-refractivity contribution in [2.45, 2.75) is 0 Å². The molecule has 0 aliphatic carbocycles. The molecule has 10 aromatic carbocycles. The minimum atomic E-state index is 0.847. The minimum Gasteiger partial charge on any atom is -0.430 e. The summed E-state index contributed by atoms with van der Waals surface area (Å²) in [5.41, 5.74) is 15.9. The van der Waals surface area contributed by atoms with Crippen LogP contribution in [0.4, 0.5) is 0 Å². The summed E-state index contributed by atoms with van der Waals surface area (Å²) in [6, 6.07) is 82.2. The molecule has 0 N–H and O–H groups in total. The summed E-state index contributed by atoms with van der Waals surface area (Å²) < 4.78 is 13.7. The molecule has 0 aliphatic heterocycles. The van der Waals surface area contributed by atoms with Crippen LogP contribution in [0, 0.1) is 6.33 Å². The molecule has 76 heavy (non-hydrogen) atoms. The van der Waals surface area contributed by atoms with Crippen LogP contribution in [0.1, 0.15) is 0 Å². The molecule has 16 rings (SSSR count). The second-order valence-corrected chi connectivity index (χ2v) is 18.6. The Morgan fingerprint density at radius 2 is 0.579 bits per heavy atom. The second kappa shape index (κ2) is 18.9. The molecule has 0 saturated heterocycles.